The molecule has 4 atom stereocenters. The highest BCUT2D eigenvalue weighted by atomic mass is 32.1. The van der Waals surface area contributed by atoms with Crippen LogP contribution in [0.15, 0.2) is 18.2 Å². The van der Waals surface area contributed by atoms with Gasteiger partial charge in [0.1, 0.15) is 5.82 Å². The van der Waals surface area contributed by atoms with E-state index in [1.165, 1.54) is 23.5 Å². The molecule has 2 aliphatic carbocycles. The molecule has 2 saturated carbocycles. The Morgan fingerprint density at radius 3 is 2.74 bits per heavy atom. The first-order chi connectivity index (χ1) is 11.0. The van der Waals surface area contributed by atoms with Gasteiger partial charge in [-0.3, -0.25) is 9.59 Å². The molecule has 2 aromatic rings. The molecule has 1 amide bonds. The standard InChI is InChI=1S/C16H15FN2O3S/c17-9-3-4-10-11(6-9)23-16(18-10)19-14(20)12-7-1-2-8(5-7)13(12)15(21)22/h3-4,6-8,12-13H,1-2,5H2,(H,21,22)(H,18,19,20)/t7-,8-,12-,13-/m0/s1. The van der Waals surface area contributed by atoms with Crippen molar-refractivity contribution in [1.82, 2.24) is 4.98 Å². The van der Waals surface area contributed by atoms with Gasteiger partial charge in [-0.25, -0.2) is 9.37 Å². The molecule has 23 heavy (non-hydrogen) atoms. The molecule has 1 heterocycles. The number of nitrogens with zero attached hydrogens (tertiary/aromatic N) is 1. The molecule has 2 bridgehead atoms. The number of aliphatic carboxylic acids is 1. The number of carbonyl (C=O) groups is 2. The summed E-state index contributed by atoms with van der Waals surface area (Å²) in [7, 11) is 0. The van der Waals surface area contributed by atoms with E-state index in [4.69, 9.17) is 0 Å². The van der Waals surface area contributed by atoms with Crippen LogP contribution in [0, 0.1) is 29.5 Å². The van der Waals surface area contributed by atoms with Crippen LogP contribution in [0.25, 0.3) is 10.2 Å². The molecule has 1 aromatic heterocycles. The Bertz CT molecular complexity index is 806. The number of carboxylic acid groups (broad SMARTS) is 1. The van der Waals surface area contributed by atoms with Gasteiger partial charge in [0.25, 0.3) is 0 Å². The first-order valence-corrected chi connectivity index (χ1v) is 8.44. The average molecular weight is 334 g/mol. The quantitative estimate of drug-likeness (QED) is 0.904. The highest BCUT2D eigenvalue weighted by molar-refractivity contribution is 7.22. The minimum absolute atomic E-state index is 0.109. The van der Waals surface area contributed by atoms with Crippen LogP contribution in [0.3, 0.4) is 0 Å². The Morgan fingerprint density at radius 2 is 2.00 bits per heavy atom. The van der Waals surface area contributed by atoms with E-state index < -0.39 is 17.8 Å². The lowest BCUT2D eigenvalue weighted by Crippen LogP contribution is -2.37. The maximum absolute atomic E-state index is 13.2. The van der Waals surface area contributed by atoms with E-state index in [9.17, 15) is 19.1 Å². The predicted molar refractivity (Wildman–Crippen MR) is 83.7 cm³/mol. The summed E-state index contributed by atoms with van der Waals surface area (Å²) in [4.78, 5) is 28.4. The van der Waals surface area contributed by atoms with Crippen LogP contribution >= 0.6 is 11.3 Å². The number of carboxylic acids is 1. The van der Waals surface area contributed by atoms with Gasteiger partial charge in [-0.05, 0) is 49.3 Å². The van der Waals surface area contributed by atoms with Crippen molar-refractivity contribution < 1.29 is 19.1 Å². The fourth-order valence-electron chi connectivity index (χ4n) is 4.16. The number of anilines is 1. The summed E-state index contributed by atoms with van der Waals surface area (Å²) in [5, 5.41) is 12.6. The fraction of sp³-hybridized carbons (Fsp3) is 0.438. The van der Waals surface area contributed by atoms with Crippen molar-refractivity contribution >= 4 is 38.6 Å². The summed E-state index contributed by atoms with van der Waals surface area (Å²) >= 11 is 1.20. The number of carbonyl (C=O) groups excluding carboxylic acids is 1. The van der Waals surface area contributed by atoms with E-state index in [-0.39, 0.29) is 23.6 Å². The number of hydrogen-bond acceptors (Lipinski definition) is 4. The Balaban J connectivity index is 1.57. The zero-order valence-corrected chi connectivity index (χ0v) is 13.0. The van der Waals surface area contributed by atoms with Crippen molar-refractivity contribution in [3.8, 4) is 0 Å². The van der Waals surface area contributed by atoms with E-state index in [0.29, 0.717) is 15.3 Å². The summed E-state index contributed by atoms with van der Waals surface area (Å²) in [6.07, 6.45) is 2.63. The number of nitrogens with one attached hydrogen (secondary N) is 1. The predicted octanol–water partition coefficient (Wildman–Crippen LogP) is 3.12. The summed E-state index contributed by atoms with van der Waals surface area (Å²) in [5.74, 6) is -2.34. The van der Waals surface area contributed by atoms with Gasteiger partial charge in [-0.1, -0.05) is 11.3 Å². The van der Waals surface area contributed by atoms with Gasteiger partial charge in [0.05, 0.1) is 22.1 Å². The summed E-state index contributed by atoms with van der Waals surface area (Å²) in [6, 6.07) is 4.26. The topological polar surface area (TPSA) is 79.3 Å². The van der Waals surface area contributed by atoms with Crippen LogP contribution in [0.5, 0.6) is 0 Å². The smallest absolute Gasteiger partial charge is 0.307 e. The lowest BCUT2D eigenvalue weighted by atomic mass is 9.79. The van der Waals surface area contributed by atoms with E-state index >= 15 is 0 Å². The number of fused-ring (bicyclic) bond motifs is 3. The molecule has 4 rings (SSSR count). The van der Waals surface area contributed by atoms with Gasteiger partial charge in [-0.15, -0.1) is 0 Å². The van der Waals surface area contributed by atoms with Crippen LogP contribution in [-0.4, -0.2) is 22.0 Å². The van der Waals surface area contributed by atoms with Crippen LogP contribution < -0.4 is 5.32 Å². The highest BCUT2D eigenvalue weighted by Gasteiger charge is 2.54. The van der Waals surface area contributed by atoms with Crippen molar-refractivity contribution in [3.05, 3.63) is 24.0 Å². The molecule has 1 aromatic carbocycles. The third-order valence-corrected chi connectivity index (χ3v) is 6.02. The normalized spacial score (nSPS) is 29.1. The number of amides is 1. The van der Waals surface area contributed by atoms with E-state index in [2.05, 4.69) is 10.3 Å². The lowest BCUT2D eigenvalue weighted by molar-refractivity contribution is -0.148. The van der Waals surface area contributed by atoms with Crippen LogP contribution in [-0.2, 0) is 9.59 Å². The second-order valence-electron chi connectivity index (χ2n) is 6.34. The largest absolute Gasteiger partial charge is 0.481 e. The monoisotopic (exact) mass is 334 g/mol. The molecule has 7 heteroatoms. The van der Waals surface area contributed by atoms with Gasteiger partial charge in [-0.2, -0.15) is 0 Å². The first kappa shape index (κ1) is 14.6. The second kappa shape index (κ2) is 5.26. The molecule has 120 valence electrons. The minimum atomic E-state index is -0.885. The number of benzene rings is 1. The fourth-order valence-corrected chi connectivity index (χ4v) is 5.06. The van der Waals surface area contributed by atoms with Crippen LogP contribution in [0.2, 0.25) is 0 Å². The third kappa shape index (κ3) is 2.39. The maximum Gasteiger partial charge on any atom is 0.307 e. The molecule has 2 N–H and O–H groups in total. The number of rotatable bonds is 3. The van der Waals surface area contributed by atoms with Crippen LogP contribution in [0.1, 0.15) is 19.3 Å². The highest BCUT2D eigenvalue weighted by Crippen LogP contribution is 2.52. The Kier molecular flexibility index (Phi) is 3.33. The third-order valence-electron chi connectivity index (χ3n) is 5.08. The number of hydrogen-bond donors (Lipinski definition) is 2. The SMILES string of the molecule is O=C(O)[C@H]1[C@H]2CC[C@@H](C2)[C@@H]1C(=O)Nc1nc2ccc(F)cc2s1. The Labute approximate surface area is 135 Å². The molecule has 0 radical (unpaired) electrons. The molecule has 2 aliphatic rings. The maximum atomic E-state index is 13.2. The molecule has 0 aliphatic heterocycles. The first-order valence-electron chi connectivity index (χ1n) is 7.62. The summed E-state index contributed by atoms with van der Waals surface area (Å²) in [6.45, 7) is 0. The Morgan fingerprint density at radius 1 is 1.26 bits per heavy atom. The van der Waals surface area contributed by atoms with Crippen molar-refractivity contribution in [2.24, 2.45) is 23.7 Å². The Hall–Kier alpha value is -2.02. The zero-order chi connectivity index (χ0) is 16.1. The molecule has 5 nitrogen and oxygen atoms in total. The molecule has 0 unspecified atom stereocenters. The van der Waals surface area contributed by atoms with Crippen molar-refractivity contribution in [2.75, 3.05) is 5.32 Å². The van der Waals surface area contributed by atoms with Crippen molar-refractivity contribution in [2.45, 2.75) is 19.3 Å². The van der Waals surface area contributed by atoms with E-state index in [0.717, 1.165) is 19.3 Å². The molecule has 0 saturated heterocycles. The number of halogens is 1. The van der Waals surface area contributed by atoms with E-state index in [1.54, 1.807) is 6.07 Å². The average Bonchev–Trinajstić information content (AvgIpc) is 3.18. The van der Waals surface area contributed by atoms with Gasteiger partial charge < -0.3 is 10.4 Å². The molecule has 2 fully saturated rings. The van der Waals surface area contributed by atoms with Crippen molar-refractivity contribution in [1.29, 1.82) is 0 Å². The second-order valence-corrected chi connectivity index (χ2v) is 7.37. The number of aromatic nitrogens is 1. The van der Waals surface area contributed by atoms with Gasteiger partial charge in [0, 0.05) is 0 Å². The van der Waals surface area contributed by atoms with Gasteiger partial charge in [0.15, 0.2) is 5.13 Å². The lowest BCUT2D eigenvalue weighted by Gasteiger charge is -2.26. The van der Waals surface area contributed by atoms with Gasteiger partial charge >= 0.3 is 5.97 Å². The van der Waals surface area contributed by atoms with Gasteiger partial charge in [0.2, 0.25) is 5.91 Å². The zero-order valence-electron chi connectivity index (χ0n) is 12.2. The molecular formula is C16H15FN2O3S. The summed E-state index contributed by atoms with van der Waals surface area (Å²) in [5.41, 5.74) is 0.620. The molecular weight excluding hydrogens is 319 g/mol. The minimum Gasteiger partial charge on any atom is -0.481 e. The van der Waals surface area contributed by atoms with Crippen molar-refractivity contribution in [3.63, 3.8) is 0 Å². The van der Waals surface area contributed by atoms with Crippen LogP contribution in [0.4, 0.5) is 9.52 Å². The summed E-state index contributed by atoms with van der Waals surface area (Å²) < 4.78 is 13.9. The number of thiazole rings is 1. The van der Waals surface area contributed by atoms with E-state index in [1.807, 2.05) is 0 Å². The molecule has 0 spiro atoms.